The first kappa shape index (κ1) is 54.8. The monoisotopic (exact) mass is 816 g/mol. The third-order valence-electron chi connectivity index (χ3n) is 10.4. The van der Waals surface area contributed by atoms with Crippen LogP contribution in [-0.4, -0.2) is 54.3 Å². The number of esters is 1. The van der Waals surface area contributed by atoms with E-state index in [0.29, 0.717) is 6.42 Å². The first-order valence-corrected chi connectivity index (χ1v) is 25.2. The summed E-state index contributed by atoms with van der Waals surface area (Å²) in [7, 11) is -4.41. The molecule has 0 saturated heterocycles. The smallest absolute Gasteiger partial charge is 0.463 e. The second-order valence-electron chi connectivity index (χ2n) is 16.1. The summed E-state index contributed by atoms with van der Waals surface area (Å²) < 4.78 is 26.9. The van der Waals surface area contributed by atoms with Gasteiger partial charge in [-0.05, 0) is 32.1 Å². The third kappa shape index (κ3) is 43.9. The molecule has 0 fully saturated rings. The molecule has 0 aromatic carbocycles. The van der Waals surface area contributed by atoms with Gasteiger partial charge in [-0.2, -0.15) is 0 Å². The molecule has 10 heteroatoms. The Morgan fingerprint density at radius 1 is 0.536 bits per heavy atom. The van der Waals surface area contributed by atoms with Crippen LogP contribution in [0.25, 0.3) is 0 Å². The van der Waals surface area contributed by atoms with Gasteiger partial charge >= 0.3 is 13.8 Å². The Morgan fingerprint density at radius 3 is 1.39 bits per heavy atom. The average molecular weight is 816 g/mol. The van der Waals surface area contributed by atoms with Crippen molar-refractivity contribution in [2.75, 3.05) is 26.4 Å². The highest BCUT2D eigenvalue weighted by Gasteiger charge is 2.23. The van der Waals surface area contributed by atoms with Crippen LogP contribution in [-0.2, 0) is 27.9 Å². The lowest BCUT2D eigenvalue weighted by Crippen LogP contribution is -2.27. The second kappa shape index (κ2) is 43.3. The summed E-state index contributed by atoms with van der Waals surface area (Å²) in [6.45, 7) is 3.54. The number of nitrogens with one attached hydrogen (secondary N) is 1. The lowest BCUT2D eigenvalue weighted by molar-refractivity contribution is -0.147. The molecular weight excluding hydrogens is 725 g/mol. The van der Waals surface area contributed by atoms with E-state index in [-0.39, 0.29) is 32.1 Å². The minimum Gasteiger partial charge on any atom is -0.463 e. The summed E-state index contributed by atoms with van der Waals surface area (Å²) in [6.07, 6.45) is 45.9. The maximum atomic E-state index is 12.1. The van der Waals surface area contributed by atoms with Crippen molar-refractivity contribution in [3.8, 4) is 0 Å². The molecule has 0 saturated carbocycles. The Kier molecular flexibility index (Phi) is 42.4. The summed E-state index contributed by atoms with van der Waals surface area (Å²) in [5, 5.41) is 12.7. The number of unbranched alkanes of at least 4 members (excludes halogenated alkanes) is 30. The molecule has 0 rings (SSSR count). The Balaban J connectivity index is 3.49. The van der Waals surface area contributed by atoms with Gasteiger partial charge in [-0.25, -0.2) is 4.57 Å². The van der Waals surface area contributed by atoms with Gasteiger partial charge in [0.1, 0.15) is 12.7 Å². The van der Waals surface area contributed by atoms with E-state index in [1.54, 1.807) is 0 Å². The van der Waals surface area contributed by atoms with Crippen LogP contribution in [0.3, 0.4) is 0 Å². The predicted molar refractivity (Wildman–Crippen MR) is 234 cm³/mol. The van der Waals surface area contributed by atoms with Crippen LogP contribution in [0.15, 0.2) is 12.2 Å². The Bertz CT molecular complexity index is 933. The van der Waals surface area contributed by atoms with Crippen molar-refractivity contribution in [2.45, 2.75) is 245 Å². The molecule has 0 radical (unpaired) electrons. The molecule has 2 unspecified atom stereocenters. The van der Waals surface area contributed by atoms with Gasteiger partial charge < -0.3 is 20.1 Å². The summed E-state index contributed by atoms with van der Waals surface area (Å²) in [5.74, 6) is -0.517. The fraction of sp³-hybridized carbons (Fsp3) is 0.913. The van der Waals surface area contributed by atoms with E-state index in [9.17, 15) is 24.2 Å². The quantitative estimate of drug-likeness (QED) is 0.0240. The number of hydrogen-bond acceptors (Lipinski definition) is 7. The van der Waals surface area contributed by atoms with Gasteiger partial charge in [0.05, 0.1) is 13.2 Å². The van der Waals surface area contributed by atoms with Crippen LogP contribution in [0, 0.1) is 0 Å². The standard InChI is InChI=1S/C46H90NO8P/c1-3-5-7-9-11-13-15-16-17-18-19-20-21-22-23-24-25-26-27-29-30-32-34-36-38-45(49)47-40-41-54-56(51,52)55-43-44(48)42-53-46(50)39-37-35-33-31-28-14-12-10-8-6-4-2/h10,12,44,48H,3-9,11,13-43H2,1-2H3,(H,47,49)(H,51,52)/b12-10-. The number of aliphatic hydroxyl groups is 1. The number of hydrogen-bond donors (Lipinski definition) is 3. The number of allylic oxidation sites excluding steroid dienone is 2. The van der Waals surface area contributed by atoms with E-state index in [1.807, 2.05) is 0 Å². The number of phosphoric ester groups is 1. The predicted octanol–water partition coefficient (Wildman–Crippen LogP) is 13.4. The van der Waals surface area contributed by atoms with Crippen molar-refractivity contribution < 1.29 is 37.9 Å². The average Bonchev–Trinajstić information content (AvgIpc) is 3.18. The van der Waals surface area contributed by atoms with Crippen LogP contribution in [0.4, 0.5) is 0 Å². The first-order chi connectivity index (χ1) is 27.3. The van der Waals surface area contributed by atoms with Crippen LogP contribution >= 0.6 is 7.82 Å². The van der Waals surface area contributed by atoms with Crippen molar-refractivity contribution in [3.05, 3.63) is 12.2 Å². The summed E-state index contributed by atoms with van der Waals surface area (Å²) in [5.41, 5.74) is 0. The summed E-state index contributed by atoms with van der Waals surface area (Å²) in [4.78, 5) is 33.9. The molecule has 0 aromatic heterocycles. The van der Waals surface area contributed by atoms with Crippen molar-refractivity contribution in [2.24, 2.45) is 0 Å². The number of aliphatic hydroxyl groups excluding tert-OH is 1. The fourth-order valence-corrected chi connectivity index (χ4v) is 7.59. The van der Waals surface area contributed by atoms with E-state index in [4.69, 9.17) is 13.8 Å². The topological polar surface area (TPSA) is 131 Å². The van der Waals surface area contributed by atoms with Crippen molar-refractivity contribution in [1.82, 2.24) is 5.32 Å². The van der Waals surface area contributed by atoms with Crippen molar-refractivity contribution >= 4 is 19.7 Å². The molecule has 0 aromatic rings. The Morgan fingerprint density at radius 2 is 0.929 bits per heavy atom. The molecule has 0 bridgehead atoms. The zero-order valence-electron chi connectivity index (χ0n) is 36.6. The normalized spacial score (nSPS) is 13.3. The highest BCUT2D eigenvalue weighted by molar-refractivity contribution is 7.47. The van der Waals surface area contributed by atoms with Crippen LogP contribution in [0.1, 0.15) is 239 Å². The third-order valence-corrected chi connectivity index (χ3v) is 11.4. The zero-order chi connectivity index (χ0) is 41.1. The maximum absolute atomic E-state index is 12.1. The van der Waals surface area contributed by atoms with E-state index in [2.05, 4.69) is 31.3 Å². The van der Waals surface area contributed by atoms with Gasteiger partial charge in [-0.3, -0.25) is 18.6 Å². The minimum absolute atomic E-state index is 0.0857. The van der Waals surface area contributed by atoms with Crippen molar-refractivity contribution in [3.63, 3.8) is 0 Å². The van der Waals surface area contributed by atoms with Gasteiger partial charge in [-0.15, -0.1) is 0 Å². The van der Waals surface area contributed by atoms with Gasteiger partial charge in [0.2, 0.25) is 5.91 Å². The summed E-state index contributed by atoms with van der Waals surface area (Å²) in [6, 6.07) is 0. The molecule has 1 amide bonds. The van der Waals surface area contributed by atoms with E-state index >= 15 is 0 Å². The number of ether oxygens (including phenoxy) is 1. The van der Waals surface area contributed by atoms with Crippen LogP contribution in [0.2, 0.25) is 0 Å². The molecule has 0 spiro atoms. The highest BCUT2D eigenvalue weighted by Crippen LogP contribution is 2.42. The van der Waals surface area contributed by atoms with Crippen LogP contribution in [0.5, 0.6) is 0 Å². The molecule has 0 aliphatic heterocycles. The molecule has 2 atom stereocenters. The van der Waals surface area contributed by atoms with Gasteiger partial charge in [0.25, 0.3) is 0 Å². The SMILES string of the molecule is CCCC/C=C\CCCCCCCC(=O)OCC(O)COP(=O)(O)OCCNC(=O)CCCCCCCCCCCCCCCCCCCCCCCCCC. The number of amides is 1. The molecule has 3 N–H and O–H groups in total. The second-order valence-corrected chi connectivity index (χ2v) is 17.5. The molecular formula is C46H90NO8P. The van der Waals surface area contributed by atoms with E-state index < -0.39 is 26.5 Å². The van der Waals surface area contributed by atoms with E-state index in [0.717, 1.165) is 64.2 Å². The minimum atomic E-state index is -4.41. The lowest BCUT2D eigenvalue weighted by atomic mass is 10.0. The van der Waals surface area contributed by atoms with Crippen LogP contribution < -0.4 is 5.32 Å². The number of phosphoric acid groups is 1. The largest absolute Gasteiger partial charge is 0.472 e. The fourth-order valence-electron chi connectivity index (χ4n) is 6.83. The maximum Gasteiger partial charge on any atom is 0.472 e. The molecule has 9 nitrogen and oxygen atoms in total. The number of rotatable bonds is 45. The highest BCUT2D eigenvalue weighted by atomic mass is 31.2. The number of carbonyl (C=O) groups is 2. The molecule has 332 valence electrons. The van der Waals surface area contributed by atoms with E-state index in [1.165, 1.54) is 148 Å². The molecule has 56 heavy (non-hydrogen) atoms. The Hall–Kier alpha value is -1.25. The lowest BCUT2D eigenvalue weighted by Gasteiger charge is -2.15. The molecule has 0 aliphatic rings. The molecule has 0 aliphatic carbocycles. The van der Waals surface area contributed by atoms with Crippen molar-refractivity contribution in [1.29, 1.82) is 0 Å². The van der Waals surface area contributed by atoms with Gasteiger partial charge in [0, 0.05) is 19.4 Å². The van der Waals surface area contributed by atoms with Gasteiger partial charge in [0.15, 0.2) is 0 Å². The van der Waals surface area contributed by atoms with Gasteiger partial charge in [-0.1, -0.05) is 206 Å². The summed E-state index contributed by atoms with van der Waals surface area (Å²) >= 11 is 0. The Labute approximate surface area is 345 Å². The molecule has 0 heterocycles. The number of carbonyl (C=O) groups excluding carboxylic acids is 2. The zero-order valence-corrected chi connectivity index (χ0v) is 37.5. The first-order valence-electron chi connectivity index (χ1n) is 23.7.